The Bertz CT molecular complexity index is 467. The van der Waals surface area contributed by atoms with Crippen LogP contribution in [-0.2, 0) is 0 Å². The molecule has 2 rings (SSSR count). The Morgan fingerprint density at radius 1 is 1.43 bits per heavy atom. The number of rotatable bonds is 4. The van der Waals surface area contributed by atoms with E-state index in [9.17, 15) is 9.90 Å². The van der Waals surface area contributed by atoms with Crippen molar-refractivity contribution in [2.24, 2.45) is 0 Å². The van der Waals surface area contributed by atoms with Gasteiger partial charge in [-0.1, -0.05) is 24.9 Å². The van der Waals surface area contributed by atoms with Gasteiger partial charge in [0.15, 0.2) is 0 Å². The molecule has 1 aliphatic carbocycles. The minimum atomic E-state index is -0.441. The lowest BCUT2D eigenvalue weighted by molar-refractivity contribution is 0.0940. The first-order valence-electron chi connectivity index (χ1n) is 7.70. The van der Waals surface area contributed by atoms with Gasteiger partial charge in [0.1, 0.15) is 5.76 Å². The van der Waals surface area contributed by atoms with Crippen molar-refractivity contribution in [1.29, 1.82) is 0 Å². The quantitative estimate of drug-likeness (QED) is 0.795. The normalized spacial score (nSPS) is 23.6. The van der Waals surface area contributed by atoms with E-state index >= 15 is 0 Å². The Hall–Kier alpha value is -1.56. The van der Waals surface area contributed by atoms with Crippen molar-refractivity contribution in [2.45, 2.75) is 71.1 Å². The third-order valence-electron chi connectivity index (χ3n) is 4.20. The highest BCUT2D eigenvalue weighted by Gasteiger charge is 2.26. The highest BCUT2D eigenvalue weighted by atomic mass is 16.5. The Balaban J connectivity index is 1.97. The lowest BCUT2D eigenvalue weighted by atomic mass is 9.93. The van der Waals surface area contributed by atoms with E-state index in [-0.39, 0.29) is 18.1 Å². The zero-order valence-electron chi connectivity index (χ0n) is 13.0. The molecule has 2 amide bonds. The largest absolute Gasteiger partial charge is 0.391 e. The second-order valence-electron chi connectivity index (χ2n) is 5.77. The van der Waals surface area contributed by atoms with Crippen LogP contribution in [0.1, 0.15) is 62.1 Å². The zero-order valence-corrected chi connectivity index (χ0v) is 13.0. The molecule has 0 radical (unpaired) electrons. The van der Waals surface area contributed by atoms with Gasteiger partial charge in [-0.3, -0.25) is 0 Å². The third kappa shape index (κ3) is 3.75. The first-order chi connectivity index (χ1) is 10.0. The standard InChI is InChI=1S/C15H25N3O3/c1-4-11(14-9(2)18-21-10(14)3)16-15(20)17-12-7-5-6-8-13(12)19/h11-13,19H,4-8H2,1-3H3,(H2,16,17,20). The number of aliphatic hydroxyl groups is 1. The summed E-state index contributed by atoms with van der Waals surface area (Å²) in [6.45, 7) is 5.73. The van der Waals surface area contributed by atoms with Gasteiger partial charge >= 0.3 is 6.03 Å². The van der Waals surface area contributed by atoms with Crippen molar-refractivity contribution in [3.63, 3.8) is 0 Å². The van der Waals surface area contributed by atoms with Gasteiger partial charge in [-0.05, 0) is 33.1 Å². The number of amides is 2. The van der Waals surface area contributed by atoms with Gasteiger partial charge in [0.2, 0.25) is 0 Å². The molecule has 3 atom stereocenters. The first-order valence-corrected chi connectivity index (χ1v) is 7.70. The smallest absolute Gasteiger partial charge is 0.315 e. The van der Waals surface area contributed by atoms with Crippen LogP contribution in [0.2, 0.25) is 0 Å². The van der Waals surface area contributed by atoms with Gasteiger partial charge in [-0.2, -0.15) is 0 Å². The molecule has 6 heteroatoms. The molecule has 1 aromatic rings. The lowest BCUT2D eigenvalue weighted by Gasteiger charge is -2.29. The number of aryl methyl sites for hydroxylation is 2. The van der Waals surface area contributed by atoms with Gasteiger partial charge in [0, 0.05) is 5.56 Å². The molecule has 0 spiro atoms. The van der Waals surface area contributed by atoms with E-state index in [1.807, 2.05) is 20.8 Å². The van der Waals surface area contributed by atoms with Crippen LogP contribution in [-0.4, -0.2) is 28.4 Å². The molecule has 0 bridgehead atoms. The Kier molecular flexibility index (Phi) is 5.22. The van der Waals surface area contributed by atoms with Crippen molar-refractivity contribution < 1.29 is 14.4 Å². The molecule has 1 saturated carbocycles. The minimum Gasteiger partial charge on any atom is -0.391 e. The number of nitrogens with zero attached hydrogens (tertiary/aromatic N) is 1. The van der Waals surface area contributed by atoms with E-state index in [1.54, 1.807) is 0 Å². The molecule has 0 saturated heterocycles. The summed E-state index contributed by atoms with van der Waals surface area (Å²) < 4.78 is 5.16. The van der Waals surface area contributed by atoms with Crippen LogP contribution < -0.4 is 10.6 Å². The van der Waals surface area contributed by atoms with Gasteiger partial charge in [-0.25, -0.2) is 4.79 Å². The molecule has 0 aromatic carbocycles. The maximum absolute atomic E-state index is 12.2. The first kappa shape index (κ1) is 15.8. The van der Waals surface area contributed by atoms with E-state index in [2.05, 4.69) is 15.8 Å². The van der Waals surface area contributed by atoms with Crippen molar-refractivity contribution in [2.75, 3.05) is 0 Å². The average molecular weight is 295 g/mol. The predicted molar refractivity (Wildman–Crippen MR) is 78.9 cm³/mol. The second kappa shape index (κ2) is 6.93. The van der Waals surface area contributed by atoms with Crippen molar-refractivity contribution in [1.82, 2.24) is 15.8 Å². The molecular formula is C15H25N3O3. The predicted octanol–water partition coefficient (Wildman–Crippen LogP) is 2.35. The maximum Gasteiger partial charge on any atom is 0.315 e. The van der Waals surface area contributed by atoms with Crippen LogP contribution in [0.25, 0.3) is 0 Å². The zero-order chi connectivity index (χ0) is 15.4. The summed E-state index contributed by atoms with van der Waals surface area (Å²) in [4.78, 5) is 12.2. The van der Waals surface area contributed by atoms with Gasteiger partial charge in [0.05, 0.1) is 23.9 Å². The summed E-state index contributed by atoms with van der Waals surface area (Å²) in [6.07, 6.45) is 3.97. The van der Waals surface area contributed by atoms with E-state index in [0.29, 0.717) is 0 Å². The summed E-state index contributed by atoms with van der Waals surface area (Å²) in [5, 5.41) is 19.7. The minimum absolute atomic E-state index is 0.128. The van der Waals surface area contributed by atoms with Crippen LogP contribution in [0.15, 0.2) is 4.52 Å². The Morgan fingerprint density at radius 2 is 2.14 bits per heavy atom. The molecule has 0 aliphatic heterocycles. The number of carbonyl (C=O) groups is 1. The SMILES string of the molecule is CCC(NC(=O)NC1CCCCC1O)c1c(C)noc1C. The fourth-order valence-corrected chi connectivity index (χ4v) is 3.01. The maximum atomic E-state index is 12.2. The van der Waals surface area contributed by atoms with E-state index in [1.165, 1.54) is 0 Å². The van der Waals surface area contributed by atoms with Crippen LogP contribution in [0.4, 0.5) is 4.79 Å². The Labute approximate surface area is 125 Å². The molecule has 3 unspecified atom stereocenters. The van der Waals surface area contributed by atoms with E-state index in [0.717, 1.165) is 49.1 Å². The van der Waals surface area contributed by atoms with Crippen LogP contribution in [0.3, 0.4) is 0 Å². The van der Waals surface area contributed by atoms with Crippen molar-refractivity contribution >= 4 is 6.03 Å². The molecule has 118 valence electrons. The molecule has 3 N–H and O–H groups in total. The summed E-state index contributed by atoms with van der Waals surface area (Å²) >= 11 is 0. The van der Waals surface area contributed by atoms with Crippen LogP contribution in [0.5, 0.6) is 0 Å². The number of aliphatic hydroxyl groups excluding tert-OH is 1. The number of carbonyl (C=O) groups excluding carboxylic acids is 1. The number of aromatic nitrogens is 1. The number of urea groups is 1. The second-order valence-corrected chi connectivity index (χ2v) is 5.77. The number of nitrogens with one attached hydrogen (secondary N) is 2. The van der Waals surface area contributed by atoms with Gasteiger partial charge < -0.3 is 20.3 Å². The highest BCUT2D eigenvalue weighted by molar-refractivity contribution is 5.75. The van der Waals surface area contributed by atoms with Crippen molar-refractivity contribution in [3.8, 4) is 0 Å². The molecule has 21 heavy (non-hydrogen) atoms. The van der Waals surface area contributed by atoms with Gasteiger partial charge in [-0.15, -0.1) is 0 Å². The third-order valence-corrected chi connectivity index (χ3v) is 4.20. The monoisotopic (exact) mass is 295 g/mol. The van der Waals surface area contributed by atoms with Crippen LogP contribution >= 0.6 is 0 Å². The lowest BCUT2D eigenvalue weighted by Crippen LogP contribution is -2.49. The molecule has 1 aliphatic rings. The molecule has 1 fully saturated rings. The average Bonchev–Trinajstić information content (AvgIpc) is 2.78. The number of hydrogen-bond acceptors (Lipinski definition) is 4. The summed E-state index contributed by atoms with van der Waals surface area (Å²) in [6, 6.07) is -0.522. The summed E-state index contributed by atoms with van der Waals surface area (Å²) in [5.41, 5.74) is 1.74. The summed E-state index contributed by atoms with van der Waals surface area (Å²) in [7, 11) is 0. The number of hydrogen-bond donors (Lipinski definition) is 3. The molecule has 1 aromatic heterocycles. The Morgan fingerprint density at radius 3 is 2.71 bits per heavy atom. The molecule has 6 nitrogen and oxygen atoms in total. The van der Waals surface area contributed by atoms with E-state index < -0.39 is 6.10 Å². The fourth-order valence-electron chi connectivity index (χ4n) is 3.01. The van der Waals surface area contributed by atoms with E-state index in [4.69, 9.17) is 4.52 Å². The molecular weight excluding hydrogens is 270 g/mol. The fraction of sp³-hybridized carbons (Fsp3) is 0.733. The molecule has 1 heterocycles. The highest BCUT2D eigenvalue weighted by Crippen LogP contribution is 2.24. The topological polar surface area (TPSA) is 87.4 Å². The summed E-state index contributed by atoms with van der Waals surface area (Å²) in [5.74, 6) is 0.734. The van der Waals surface area contributed by atoms with Crippen LogP contribution in [0, 0.1) is 13.8 Å². The van der Waals surface area contributed by atoms with Gasteiger partial charge in [0.25, 0.3) is 0 Å². The van der Waals surface area contributed by atoms with Crippen molar-refractivity contribution in [3.05, 3.63) is 17.0 Å².